The quantitative estimate of drug-likeness (QED) is 0.437. The molecule has 0 saturated carbocycles. The molecule has 12 heavy (non-hydrogen) atoms. The number of nitrogens with zero attached hydrogens (tertiary/aromatic N) is 1. The van der Waals surface area contributed by atoms with Gasteiger partial charge in [-0.05, 0) is 32.9 Å². The van der Waals surface area contributed by atoms with Gasteiger partial charge in [0, 0.05) is 6.54 Å². The Morgan fingerprint density at radius 3 is 2.58 bits per heavy atom. The number of allylic oxidation sites excluding steroid dienone is 3. The van der Waals surface area contributed by atoms with E-state index in [-0.39, 0.29) is 0 Å². The molecule has 0 aromatic carbocycles. The summed E-state index contributed by atoms with van der Waals surface area (Å²) in [5, 5.41) is 0. The second-order valence-electron chi connectivity index (χ2n) is 2.62. The summed E-state index contributed by atoms with van der Waals surface area (Å²) in [7, 11) is 0. The first kappa shape index (κ1) is 11.2. The van der Waals surface area contributed by atoms with Crippen LogP contribution >= 0.6 is 0 Å². The molecule has 0 fully saturated rings. The molecule has 0 saturated heterocycles. The van der Waals surface area contributed by atoms with E-state index in [9.17, 15) is 0 Å². The van der Waals surface area contributed by atoms with Crippen molar-refractivity contribution in [2.24, 2.45) is 4.99 Å². The van der Waals surface area contributed by atoms with Gasteiger partial charge in [-0.15, -0.1) is 0 Å². The van der Waals surface area contributed by atoms with Crippen molar-refractivity contribution in [2.45, 2.75) is 33.6 Å². The fourth-order valence-electron chi connectivity index (χ4n) is 0.948. The highest BCUT2D eigenvalue weighted by Gasteiger charge is 1.90. The third-order valence-electron chi connectivity index (χ3n) is 1.72. The van der Waals surface area contributed by atoms with Gasteiger partial charge in [-0.2, -0.15) is 0 Å². The van der Waals surface area contributed by atoms with Crippen molar-refractivity contribution in [1.82, 2.24) is 0 Å². The molecule has 0 aliphatic rings. The third kappa shape index (κ3) is 5.90. The summed E-state index contributed by atoms with van der Waals surface area (Å²) < 4.78 is 0. The van der Waals surface area contributed by atoms with Crippen molar-refractivity contribution in [1.29, 1.82) is 0 Å². The highest BCUT2D eigenvalue weighted by molar-refractivity contribution is 5.53. The minimum absolute atomic E-state index is 0.924. The second-order valence-corrected chi connectivity index (χ2v) is 2.62. The van der Waals surface area contributed by atoms with Gasteiger partial charge in [-0.1, -0.05) is 30.7 Å². The van der Waals surface area contributed by atoms with Gasteiger partial charge in [0.2, 0.25) is 0 Å². The van der Waals surface area contributed by atoms with Crippen molar-refractivity contribution in [3.8, 4) is 0 Å². The van der Waals surface area contributed by atoms with Gasteiger partial charge < -0.3 is 0 Å². The average molecular weight is 165 g/mol. The van der Waals surface area contributed by atoms with Crippen LogP contribution < -0.4 is 0 Å². The number of aliphatic imine (C=N–C) groups is 1. The molecule has 0 spiro atoms. The van der Waals surface area contributed by atoms with Crippen molar-refractivity contribution in [3.05, 3.63) is 23.8 Å². The smallest absolute Gasteiger partial charge is 0.0422 e. The molecule has 0 atom stereocenters. The minimum Gasteiger partial charge on any atom is -0.297 e. The summed E-state index contributed by atoms with van der Waals surface area (Å²) in [6, 6.07) is 0. The van der Waals surface area contributed by atoms with Crippen molar-refractivity contribution < 1.29 is 0 Å². The second kappa shape index (κ2) is 8.25. The summed E-state index contributed by atoms with van der Waals surface area (Å²) in [4.78, 5) is 4.18. The van der Waals surface area contributed by atoms with Crippen LogP contribution in [0.4, 0.5) is 0 Å². The lowest BCUT2D eigenvalue weighted by Gasteiger charge is -1.99. The monoisotopic (exact) mass is 165 g/mol. The first-order chi connectivity index (χ1) is 5.85. The fourth-order valence-corrected chi connectivity index (χ4v) is 0.948. The molecule has 0 heterocycles. The predicted octanol–water partition coefficient (Wildman–Crippen LogP) is 3.38. The van der Waals surface area contributed by atoms with Gasteiger partial charge in [0.05, 0.1) is 0 Å². The van der Waals surface area contributed by atoms with Crippen LogP contribution in [0.25, 0.3) is 0 Å². The molecular formula is C11H19N. The molecule has 1 heteroatoms. The van der Waals surface area contributed by atoms with Gasteiger partial charge in [-0.3, -0.25) is 4.99 Å². The Kier molecular flexibility index (Phi) is 7.66. The highest BCUT2D eigenvalue weighted by Crippen LogP contribution is 2.06. The first-order valence-corrected chi connectivity index (χ1v) is 4.60. The first-order valence-electron chi connectivity index (χ1n) is 4.60. The average Bonchev–Trinajstić information content (AvgIpc) is 2.11. The van der Waals surface area contributed by atoms with Gasteiger partial charge >= 0.3 is 0 Å². The maximum absolute atomic E-state index is 4.18. The van der Waals surface area contributed by atoms with E-state index in [1.165, 1.54) is 5.57 Å². The Morgan fingerprint density at radius 2 is 2.08 bits per heavy atom. The molecule has 0 N–H and O–H groups in total. The SMILES string of the molecule is C/C=C\C=C(\CC)CC/N=C\C. The van der Waals surface area contributed by atoms with E-state index >= 15 is 0 Å². The van der Waals surface area contributed by atoms with E-state index in [2.05, 4.69) is 30.1 Å². The highest BCUT2D eigenvalue weighted by atomic mass is 14.7. The lowest BCUT2D eigenvalue weighted by molar-refractivity contribution is 0.897. The third-order valence-corrected chi connectivity index (χ3v) is 1.72. The Bertz CT molecular complexity index is 175. The van der Waals surface area contributed by atoms with E-state index in [4.69, 9.17) is 0 Å². The summed E-state index contributed by atoms with van der Waals surface area (Å²) >= 11 is 0. The summed E-state index contributed by atoms with van der Waals surface area (Å²) in [6.45, 7) is 7.11. The molecular weight excluding hydrogens is 146 g/mol. The zero-order chi connectivity index (χ0) is 9.23. The lowest BCUT2D eigenvalue weighted by atomic mass is 10.1. The molecule has 0 unspecified atom stereocenters. The molecule has 0 aromatic heterocycles. The van der Waals surface area contributed by atoms with E-state index in [0.717, 1.165) is 19.4 Å². The molecule has 0 aromatic rings. The number of hydrogen-bond donors (Lipinski definition) is 0. The topological polar surface area (TPSA) is 12.4 Å². The zero-order valence-electron chi connectivity index (χ0n) is 8.38. The molecule has 0 bridgehead atoms. The van der Waals surface area contributed by atoms with E-state index < -0.39 is 0 Å². The van der Waals surface area contributed by atoms with Crippen LogP contribution in [-0.4, -0.2) is 12.8 Å². The summed E-state index contributed by atoms with van der Waals surface area (Å²) in [5.41, 5.74) is 1.47. The van der Waals surface area contributed by atoms with Gasteiger partial charge in [-0.25, -0.2) is 0 Å². The number of rotatable bonds is 5. The summed E-state index contributed by atoms with van der Waals surface area (Å²) in [5.74, 6) is 0. The Balaban J connectivity index is 3.82. The van der Waals surface area contributed by atoms with E-state index in [0.29, 0.717) is 0 Å². The van der Waals surface area contributed by atoms with E-state index in [1.54, 1.807) is 0 Å². The van der Waals surface area contributed by atoms with Crippen molar-refractivity contribution >= 4 is 6.21 Å². The Hall–Kier alpha value is -0.850. The molecule has 1 nitrogen and oxygen atoms in total. The zero-order valence-corrected chi connectivity index (χ0v) is 8.38. The summed E-state index contributed by atoms with van der Waals surface area (Å²) in [6.07, 6.45) is 10.4. The van der Waals surface area contributed by atoms with E-state index in [1.807, 2.05) is 20.1 Å². The largest absolute Gasteiger partial charge is 0.297 e. The van der Waals surface area contributed by atoms with Crippen LogP contribution in [-0.2, 0) is 0 Å². The fraction of sp³-hybridized carbons (Fsp3) is 0.545. The van der Waals surface area contributed by atoms with Crippen LogP contribution in [0.3, 0.4) is 0 Å². The van der Waals surface area contributed by atoms with Crippen LogP contribution in [0.5, 0.6) is 0 Å². The predicted molar refractivity (Wildman–Crippen MR) is 56.8 cm³/mol. The van der Waals surface area contributed by atoms with Gasteiger partial charge in [0.15, 0.2) is 0 Å². The van der Waals surface area contributed by atoms with Crippen LogP contribution in [0.2, 0.25) is 0 Å². The minimum atomic E-state index is 0.924. The van der Waals surface area contributed by atoms with Crippen molar-refractivity contribution in [2.75, 3.05) is 6.54 Å². The molecule has 0 aliphatic heterocycles. The lowest BCUT2D eigenvalue weighted by Crippen LogP contribution is -1.85. The molecule has 0 radical (unpaired) electrons. The maximum Gasteiger partial charge on any atom is 0.0422 e. The molecule has 0 amide bonds. The van der Waals surface area contributed by atoms with Crippen molar-refractivity contribution in [3.63, 3.8) is 0 Å². The Labute approximate surface area is 75.9 Å². The van der Waals surface area contributed by atoms with Crippen LogP contribution in [0.1, 0.15) is 33.6 Å². The van der Waals surface area contributed by atoms with Crippen LogP contribution in [0, 0.1) is 0 Å². The molecule has 0 rings (SSSR count). The molecule has 68 valence electrons. The van der Waals surface area contributed by atoms with Crippen LogP contribution in [0.15, 0.2) is 28.8 Å². The maximum atomic E-state index is 4.18. The Morgan fingerprint density at radius 1 is 1.33 bits per heavy atom. The van der Waals surface area contributed by atoms with Gasteiger partial charge in [0.25, 0.3) is 0 Å². The molecule has 0 aliphatic carbocycles. The standard InChI is InChI=1S/C11H19N/c1-4-7-8-11(5-2)9-10-12-6-3/h4,6-8H,5,9-10H2,1-3H3/b7-4-,11-8-,12-6-. The number of hydrogen-bond acceptors (Lipinski definition) is 1. The normalized spacial score (nSPS) is 13.4. The van der Waals surface area contributed by atoms with Gasteiger partial charge in [0.1, 0.15) is 0 Å².